The predicted octanol–water partition coefficient (Wildman–Crippen LogP) is 9.42. The Morgan fingerprint density at radius 2 is 1.00 bits per heavy atom. The topological polar surface area (TPSA) is 3.24 Å². The molecule has 0 saturated carbocycles. The van der Waals surface area contributed by atoms with E-state index in [-0.39, 0.29) is 0 Å². The number of hydrogen-bond acceptors (Lipinski definition) is 1. The molecule has 0 N–H and O–H groups in total. The van der Waals surface area contributed by atoms with Crippen LogP contribution in [-0.4, -0.2) is 0 Å². The number of benzene rings is 5. The molecule has 5 aromatic carbocycles. The first-order valence-electron chi connectivity index (χ1n) is 11.8. The van der Waals surface area contributed by atoms with Crippen molar-refractivity contribution >= 4 is 17.1 Å². The van der Waals surface area contributed by atoms with Gasteiger partial charge in [-0.15, -0.1) is 0 Å². The van der Waals surface area contributed by atoms with Gasteiger partial charge in [0.1, 0.15) is 0 Å². The van der Waals surface area contributed by atoms with Crippen LogP contribution in [-0.2, 0) is 0 Å². The molecule has 5 rings (SSSR count). The molecular weight excluding hydrogens is 410 g/mol. The molecule has 0 spiro atoms. The molecule has 5 aromatic rings. The Bertz CT molecular complexity index is 1400. The summed E-state index contributed by atoms with van der Waals surface area (Å²) in [7, 11) is 0. The molecule has 1 nitrogen and oxygen atoms in total. The highest BCUT2D eigenvalue weighted by atomic mass is 15.1. The van der Waals surface area contributed by atoms with Crippen LogP contribution >= 0.6 is 0 Å². The molecule has 166 valence electrons. The second kappa shape index (κ2) is 9.41. The highest BCUT2D eigenvalue weighted by Crippen LogP contribution is 2.42. The van der Waals surface area contributed by atoms with Crippen LogP contribution in [0.1, 0.15) is 16.7 Å². The van der Waals surface area contributed by atoms with E-state index in [1.807, 2.05) is 0 Å². The number of anilines is 3. The summed E-state index contributed by atoms with van der Waals surface area (Å²) in [5.74, 6) is 0. The number of para-hydroxylation sites is 1. The van der Waals surface area contributed by atoms with E-state index in [4.69, 9.17) is 0 Å². The second-order valence-electron chi connectivity index (χ2n) is 8.97. The van der Waals surface area contributed by atoms with E-state index in [1.165, 1.54) is 38.9 Å². The Morgan fingerprint density at radius 3 is 1.65 bits per heavy atom. The maximum Gasteiger partial charge on any atom is 0.0540 e. The van der Waals surface area contributed by atoms with Gasteiger partial charge < -0.3 is 4.90 Å². The Kier molecular flexibility index (Phi) is 6.01. The molecule has 0 fully saturated rings. The predicted molar refractivity (Wildman–Crippen MR) is 146 cm³/mol. The summed E-state index contributed by atoms with van der Waals surface area (Å²) in [6, 6.07) is 43.8. The van der Waals surface area contributed by atoms with Gasteiger partial charge in [0.25, 0.3) is 0 Å². The van der Waals surface area contributed by atoms with Crippen molar-refractivity contribution in [2.75, 3.05) is 4.90 Å². The first-order chi connectivity index (χ1) is 16.6. The van der Waals surface area contributed by atoms with Crippen molar-refractivity contribution in [1.29, 1.82) is 0 Å². The molecule has 0 bridgehead atoms. The van der Waals surface area contributed by atoms with Crippen LogP contribution in [0, 0.1) is 20.8 Å². The largest absolute Gasteiger partial charge is 0.310 e. The van der Waals surface area contributed by atoms with Gasteiger partial charge >= 0.3 is 0 Å². The van der Waals surface area contributed by atoms with E-state index >= 15 is 0 Å². The Labute approximate surface area is 203 Å². The Balaban J connectivity index is 1.75. The summed E-state index contributed by atoms with van der Waals surface area (Å²) in [6.07, 6.45) is 0. The second-order valence-corrected chi connectivity index (χ2v) is 8.97. The molecule has 0 aliphatic carbocycles. The van der Waals surface area contributed by atoms with Gasteiger partial charge in [-0.25, -0.2) is 0 Å². The van der Waals surface area contributed by atoms with Crippen LogP contribution in [0.2, 0.25) is 0 Å². The zero-order valence-electron chi connectivity index (χ0n) is 20.0. The summed E-state index contributed by atoms with van der Waals surface area (Å²) in [5, 5.41) is 0. The summed E-state index contributed by atoms with van der Waals surface area (Å²) < 4.78 is 0. The lowest BCUT2D eigenvalue weighted by Gasteiger charge is -2.28. The van der Waals surface area contributed by atoms with Crippen molar-refractivity contribution in [2.45, 2.75) is 20.8 Å². The van der Waals surface area contributed by atoms with Crippen molar-refractivity contribution in [3.05, 3.63) is 138 Å². The molecule has 0 unspecified atom stereocenters. The Hall–Kier alpha value is -4.10. The van der Waals surface area contributed by atoms with Gasteiger partial charge in [-0.1, -0.05) is 96.1 Å². The Morgan fingerprint density at radius 1 is 0.412 bits per heavy atom. The van der Waals surface area contributed by atoms with Crippen molar-refractivity contribution in [1.82, 2.24) is 0 Å². The summed E-state index contributed by atoms with van der Waals surface area (Å²) >= 11 is 0. The van der Waals surface area contributed by atoms with E-state index in [1.54, 1.807) is 0 Å². The van der Waals surface area contributed by atoms with Gasteiger partial charge in [-0.3, -0.25) is 0 Å². The molecule has 0 atom stereocenters. The number of aryl methyl sites for hydroxylation is 3. The lowest BCUT2D eigenvalue weighted by molar-refractivity contribution is 1.27. The van der Waals surface area contributed by atoms with Crippen molar-refractivity contribution in [3.8, 4) is 22.3 Å². The fourth-order valence-electron chi connectivity index (χ4n) is 4.39. The fourth-order valence-corrected chi connectivity index (χ4v) is 4.39. The maximum absolute atomic E-state index is 2.36. The summed E-state index contributed by atoms with van der Waals surface area (Å²) in [4.78, 5) is 2.36. The van der Waals surface area contributed by atoms with Crippen molar-refractivity contribution in [2.24, 2.45) is 0 Å². The molecule has 0 heterocycles. The minimum Gasteiger partial charge on any atom is -0.310 e. The standard InChI is InChI=1S/C33H29N/c1-24-12-16-27(17-13-24)29-20-21-33(32(23-29)28-18-14-25(2)15-19-28)34(30-9-5-4-6-10-30)31-11-7-8-26(3)22-31/h4-23H,1-3H3. The highest BCUT2D eigenvalue weighted by Gasteiger charge is 2.18. The lowest BCUT2D eigenvalue weighted by atomic mass is 9.95. The third-order valence-corrected chi connectivity index (χ3v) is 6.26. The van der Waals surface area contributed by atoms with E-state index in [2.05, 4.69) is 147 Å². The van der Waals surface area contributed by atoms with Crippen LogP contribution < -0.4 is 4.90 Å². The van der Waals surface area contributed by atoms with Crippen LogP contribution in [0.3, 0.4) is 0 Å². The van der Waals surface area contributed by atoms with E-state index in [9.17, 15) is 0 Å². The number of hydrogen-bond donors (Lipinski definition) is 0. The third kappa shape index (κ3) is 4.51. The molecule has 0 radical (unpaired) electrons. The first kappa shape index (κ1) is 21.7. The SMILES string of the molecule is Cc1ccc(-c2ccc(N(c3ccccc3)c3cccc(C)c3)c(-c3ccc(C)cc3)c2)cc1. The molecular formula is C33H29N. The van der Waals surface area contributed by atoms with Crippen molar-refractivity contribution < 1.29 is 0 Å². The van der Waals surface area contributed by atoms with Crippen molar-refractivity contribution in [3.63, 3.8) is 0 Å². The normalized spacial score (nSPS) is 10.8. The quantitative estimate of drug-likeness (QED) is 0.263. The summed E-state index contributed by atoms with van der Waals surface area (Å²) in [5.41, 5.74) is 12.1. The minimum absolute atomic E-state index is 1.14. The molecule has 0 aliphatic heterocycles. The smallest absolute Gasteiger partial charge is 0.0540 e. The van der Waals surface area contributed by atoms with E-state index in [0.29, 0.717) is 0 Å². The molecule has 1 heteroatoms. The first-order valence-corrected chi connectivity index (χ1v) is 11.8. The van der Waals surface area contributed by atoms with Gasteiger partial charge in [0.15, 0.2) is 0 Å². The van der Waals surface area contributed by atoms with Gasteiger partial charge in [0.05, 0.1) is 5.69 Å². The third-order valence-electron chi connectivity index (χ3n) is 6.26. The molecule has 0 amide bonds. The number of rotatable bonds is 5. The van der Waals surface area contributed by atoms with Gasteiger partial charge in [-0.2, -0.15) is 0 Å². The monoisotopic (exact) mass is 439 g/mol. The van der Waals surface area contributed by atoms with E-state index < -0.39 is 0 Å². The lowest BCUT2D eigenvalue weighted by Crippen LogP contribution is -2.11. The molecule has 0 saturated heterocycles. The molecule has 0 aromatic heterocycles. The zero-order valence-corrected chi connectivity index (χ0v) is 20.0. The average molecular weight is 440 g/mol. The van der Waals surface area contributed by atoms with Crippen LogP contribution in [0.5, 0.6) is 0 Å². The van der Waals surface area contributed by atoms with Crippen LogP contribution in [0.15, 0.2) is 121 Å². The average Bonchev–Trinajstić information content (AvgIpc) is 2.86. The van der Waals surface area contributed by atoms with E-state index in [0.717, 1.165) is 17.1 Å². The minimum atomic E-state index is 1.14. The van der Waals surface area contributed by atoms with Crippen LogP contribution in [0.25, 0.3) is 22.3 Å². The van der Waals surface area contributed by atoms with Crippen LogP contribution in [0.4, 0.5) is 17.1 Å². The van der Waals surface area contributed by atoms with Gasteiger partial charge in [0.2, 0.25) is 0 Å². The van der Waals surface area contributed by atoms with Gasteiger partial charge in [0, 0.05) is 16.9 Å². The van der Waals surface area contributed by atoms with Gasteiger partial charge in [-0.05, 0) is 79.4 Å². The fraction of sp³-hybridized carbons (Fsp3) is 0.0909. The highest BCUT2D eigenvalue weighted by molar-refractivity contribution is 5.90. The summed E-state index contributed by atoms with van der Waals surface area (Å²) in [6.45, 7) is 6.41. The molecule has 34 heavy (non-hydrogen) atoms. The maximum atomic E-state index is 2.36. The zero-order chi connectivity index (χ0) is 23.5. The molecule has 0 aliphatic rings. The number of nitrogens with zero attached hydrogens (tertiary/aromatic N) is 1.